The van der Waals surface area contributed by atoms with Crippen molar-refractivity contribution in [1.29, 1.82) is 0 Å². The minimum atomic E-state index is 0.417. The van der Waals surface area contributed by atoms with Crippen molar-refractivity contribution < 1.29 is 0 Å². The second kappa shape index (κ2) is 9.20. The van der Waals surface area contributed by atoms with E-state index in [1.807, 2.05) is 7.05 Å². The Morgan fingerprint density at radius 1 is 1.16 bits per heavy atom. The molecule has 2 aliphatic heterocycles. The first-order chi connectivity index (χ1) is 12.3. The lowest BCUT2D eigenvalue weighted by atomic mass is 10.1. The molecule has 0 spiro atoms. The van der Waals surface area contributed by atoms with Crippen molar-refractivity contribution in [2.24, 2.45) is 10.9 Å². The van der Waals surface area contributed by atoms with Crippen molar-refractivity contribution in [3.63, 3.8) is 0 Å². The average molecular weight is 344 g/mol. The summed E-state index contributed by atoms with van der Waals surface area (Å²) in [5.74, 6) is 1.65. The Kier molecular flexibility index (Phi) is 6.70. The standard InChI is InChI=1S/C20H33N5/c1-21-20(22-14-17-10-13-24(2)16-17)23-15-19(25-11-6-7-12-25)18-8-4-3-5-9-18/h3-5,8-9,17,19H,6-7,10-16H2,1-2H3,(H2,21,22,23). The molecular formula is C20H33N5. The smallest absolute Gasteiger partial charge is 0.191 e. The topological polar surface area (TPSA) is 42.9 Å². The maximum Gasteiger partial charge on any atom is 0.191 e. The third-order valence-electron chi connectivity index (χ3n) is 5.50. The Morgan fingerprint density at radius 3 is 2.56 bits per heavy atom. The normalized spacial score (nSPS) is 23.8. The van der Waals surface area contributed by atoms with Gasteiger partial charge in [-0.3, -0.25) is 9.89 Å². The van der Waals surface area contributed by atoms with Crippen LogP contribution in [0.25, 0.3) is 0 Å². The highest BCUT2D eigenvalue weighted by molar-refractivity contribution is 5.79. The number of rotatable bonds is 6. The molecule has 138 valence electrons. The van der Waals surface area contributed by atoms with E-state index in [1.54, 1.807) is 0 Å². The van der Waals surface area contributed by atoms with Gasteiger partial charge in [-0.1, -0.05) is 30.3 Å². The van der Waals surface area contributed by atoms with Crippen molar-refractivity contribution in [3.8, 4) is 0 Å². The fourth-order valence-electron chi connectivity index (χ4n) is 4.03. The summed E-state index contributed by atoms with van der Waals surface area (Å²) in [5, 5.41) is 7.09. The molecule has 0 aromatic heterocycles. The molecule has 1 aromatic carbocycles. The summed E-state index contributed by atoms with van der Waals surface area (Å²) >= 11 is 0. The van der Waals surface area contributed by atoms with E-state index in [1.165, 1.54) is 51.0 Å². The van der Waals surface area contributed by atoms with Crippen LogP contribution in [0.15, 0.2) is 35.3 Å². The van der Waals surface area contributed by atoms with Gasteiger partial charge in [-0.05, 0) is 57.4 Å². The van der Waals surface area contributed by atoms with E-state index in [0.29, 0.717) is 6.04 Å². The molecule has 2 aliphatic rings. The van der Waals surface area contributed by atoms with Crippen LogP contribution >= 0.6 is 0 Å². The van der Waals surface area contributed by atoms with Gasteiger partial charge in [-0.15, -0.1) is 0 Å². The zero-order valence-corrected chi connectivity index (χ0v) is 15.7. The van der Waals surface area contributed by atoms with Gasteiger partial charge >= 0.3 is 0 Å². The Balaban J connectivity index is 1.54. The Bertz CT molecular complexity index is 538. The molecule has 2 saturated heterocycles. The molecule has 5 nitrogen and oxygen atoms in total. The molecule has 2 N–H and O–H groups in total. The Hall–Kier alpha value is -1.59. The summed E-state index contributed by atoms with van der Waals surface area (Å²) in [6.07, 6.45) is 3.90. The highest BCUT2D eigenvalue weighted by atomic mass is 15.2. The number of hydrogen-bond donors (Lipinski definition) is 2. The van der Waals surface area contributed by atoms with Crippen LogP contribution in [0, 0.1) is 5.92 Å². The van der Waals surface area contributed by atoms with Crippen LogP contribution in [0.4, 0.5) is 0 Å². The van der Waals surface area contributed by atoms with Crippen LogP contribution in [0.3, 0.4) is 0 Å². The molecule has 2 heterocycles. The number of guanidine groups is 1. The molecule has 2 unspecified atom stereocenters. The van der Waals surface area contributed by atoms with E-state index in [2.05, 4.69) is 62.8 Å². The van der Waals surface area contributed by atoms with Crippen LogP contribution in [0.2, 0.25) is 0 Å². The first-order valence-electron chi connectivity index (χ1n) is 9.68. The quantitative estimate of drug-likeness (QED) is 0.612. The van der Waals surface area contributed by atoms with Crippen molar-refractivity contribution in [3.05, 3.63) is 35.9 Å². The number of aliphatic imine (C=N–C) groups is 1. The zero-order chi connectivity index (χ0) is 17.5. The van der Waals surface area contributed by atoms with Crippen LogP contribution in [0.1, 0.15) is 30.9 Å². The van der Waals surface area contributed by atoms with Crippen molar-refractivity contribution >= 4 is 5.96 Å². The van der Waals surface area contributed by atoms with Crippen LogP contribution in [0.5, 0.6) is 0 Å². The molecule has 25 heavy (non-hydrogen) atoms. The van der Waals surface area contributed by atoms with Gasteiger partial charge in [0.1, 0.15) is 0 Å². The van der Waals surface area contributed by atoms with Gasteiger partial charge in [0.2, 0.25) is 0 Å². The number of nitrogens with one attached hydrogen (secondary N) is 2. The monoisotopic (exact) mass is 343 g/mol. The lowest BCUT2D eigenvalue weighted by molar-refractivity contribution is 0.245. The average Bonchev–Trinajstić information content (AvgIpc) is 3.31. The fraction of sp³-hybridized carbons (Fsp3) is 0.650. The predicted molar refractivity (Wildman–Crippen MR) is 105 cm³/mol. The summed E-state index contributed by atoms with van der Waals surface area (Å²) in [7, 11) is 4.07. The van der Waals surface area contributed by atoms with E-state index in [9.17, 15) is 0 Å². The molecule has 2 atom stereocenters. The molecule has 3 rings (SSSR count). The van der Waals surface area contributed by atoms with Gasteiger partial charge in [-0.25, -0.2) is 0 Å². The van der Waals surface area contributed by atoms with Gasteiger partial charge in [0.05, 0.1) is 6.04 Å². The SMILES string of the molecule is CN=C(NCC1CCN(C)C1)NCC(c1ccccc1)N1CCCC1. The molecule has 0 saturated carbocycles. The van der Waals surface area contributed by atoms with E-state index in [0.717, 1.165) is 25.0 Å². The molecule has 2 fully saturated rings. The molecule has 0 aliphatic carbocycles. The van der Waals surface area contributed by atoms with Crippen molar-refractivity contribution in [2.75, 3.05) is 53.4 Å². The second-order valence-corrected chi connectivity index (χ2v) is 7.42. The maximum absolute atomic E-state index is 4.42. The third kappa shape index (κ3) is 5.19. The number of hydrogen-bond acceptors (Lipinski definition) is 3. The summed E-state index contributed by atoms with van der Waals surface area (Å²) in [6, 6.07) is 11.3. The number of likely N-dealkylation sites (tertiary alicyclic amines) is 2. The third-order valence-corrected chi connectivity index (χ3v) is 5.50. The number of nitrogens with zero attached hydrogens (tertiary/aromatic N) is 3. The van der Waals surface area contributed by atoms with E-state index >= 15 is 0 Å². The molecular weight excluding hydrogens is 310 g/mol. The molecule has 5 heteroatoms. The Labute approximate surface area is 152 Å². The van der Waals surface area contributed by atoms with Gasteiger partial charge in [0, 0.05) is 26.7 Å². The van der Waals surface area contributed by atoms with Gasteiger partial charge in [-0.2, -0.15) is 0 Å². The minimum absolute atomic E-state index is 0.417. The van der Waals surface area contributed by atoms with Crippen LogP contribution in [-0.4, -0.2) is 69.1 Å². The van der Waals surface area contributed by atoms with Gasteiger partial charge in [0.25, 0.3) is 0 Å². The second-order valence-electron chi connectivity index (χ2n) is 7.42. The molecule has 0 amide bonds. The zero-order valence-electron chi connectivity index (χ0n) is 15.7. The van der Waals surface area contributed by atoms with E-state index < -0.39 is 0 Å². The minimum Gasteiger partial charge on any atom is -0.356 e. The first-order valence-corrected chi connectivity index (χ1v) is 9.68. The summed E-state index contributed by atoms with van der Waals surface area (Å²) < 4.78 is 0. The fourth-order valence-corrected chi connectivity index (χ4v) is 4.03. The molecule has 0 bridgehead atoms. The van der Waals surface area contributed by atoms with Crippen LogP contribution in [-0.2, 0) is 0 Å². The van der Waals surface area contributed by atoms with E-state index in [4.69, 9.17) is 0 Å². The molecule has 1 aromatic rings. The first kappa shape index (κ1) is 18.2. The van der Waals surface area contributed by atoms with Gasteiger partial charge < -0.3 is 15.5 Å². The lowest BCUT2D eigenvalue weighted by Gasteiger charge is -2.29. The van der Waals surface area contributed by atoms with Crippen molar-refractivity contribution in [2.45, 2.75) is 25.3 Å². The van der Waals surface area contributed by atoms with Gasteiger partial charge in [0.15, 0.2) is 5.96 Å². The van der Waals surface area contributed by atoms with E-state index in [-0.39, 0.29) is 0 Å². The largest absolute Gasteiger partial charge is 0.356 e. The lowest BCUT2D eigenvalue weighted by Crippen LogP contribution is -2.44. The summed E-state index contributed by atoms with van der Waals surface area (Å²) in [6.45, 7) is 6.69. The maximum atomic E-state index is 4.42. The van der Waals surface area contributed by atoms with Crippen LogP contribution < -0.4 is 10.6 Å². The number of benzene rings is 1. The highest BCUT2D eigenvalue weighted by Crippen LogP contribution is 2.24. The summed E-state index contributed by atoms with van der Waals surface area (Å²) in [4.78, 5) is 9.43. The highest BCUT2D eigenvalue weighted by Gasteiger charge is 2.24. The molecule has 0 radical (unpaired) electrons. The van der Waals surface area contributed by atoms with Crippen molar-refractivity contribution in [1.82, 2.24) is 20.4 Å². The Morgan fingerprint density at radius 2 is 1.92 bits per heavy atom. The summed E-state index contributed by atoms with van der Waals surface area (Å²) in [5.41, 5.74) is 1.39. The predicted octanol–water partition coefficient (Wildman–Crippen LogP) is 1.94.